The van der Waals surface area contributed by atoms with Gasteiger partial charge in [0.15, 0.2) is 8.32 Å². The molecule has 1 saturated heterocycles. The molecule has 1 spiro atoms. The fraction of sp³-hybridized carbons (Fsp3) is 0.789. The Balaban J connectivity index is 1.84. The van der Waals surface area contributed by atoms with Gasteiger partial charge in [-0.1, -0.05) is 32.9 Å². The first-order valence-corrected chi connectivity index (χ1v) is 11.9. The third-order valence-electron chi connectivity index (χ3n) is 6.47. The maximum absolute atomic E-state index is 6.75. The maximum Gasteiger partial charge on any atom is 0.200 e. The van der Waals surface area contributed by atoms with Crippen LogP contribution in [0.15, 0.2) is 24.5 Å². The van der Waals surface area contributed by atoms with Gasteiger partial charge in [0.05, 0.1) is 6.26 Å². The van der Waals surface area contributed by atoms with Crippen LogP contribution in [0.1, 0.15) is 53.4 Å². The van der Waals surface area contributed by atoms with Crippen molar-refractivity contribution >= 4 is 8.32 Å². The molecule has 2 bridgehead atoms. The molecule has 4 atom stereocenters. The van der Waals surface area contributed by atoms with E-state index in [9.17, 15) is 0 Å². The second-order valence-electron chi connectivity index (χ2n) is 8.98. The monoisotopic (exact) mass is 336 g/mol. The molecule has 0 aromatic heterocycles. The molecule has 3 nitrogen and oxygen atoms in total. The van der Waals surface area contributed by atoms with E-state index >= 15 is 0 Å². The van der Waals surface area contributed by atoms with E-state index in [0.717, 1.165) is 25.7 Å². The van der Waals surface area contributed by atoms with E-state index in [1.807, 2.05) is 6.26 Å². The van der Waals surface area contributed by atoms with Crippen molar-refractivity contribution in [2.24, 2.45) is 5.41 Å². The Kier molecular flexibility index (Phi) is 4.10. The number of allylic oxidation sites excluding steroid dienone is 1. The molecule has 0 N–H and O–H groups in total. The van der Waals surface area contributed by atoms with Gasteiger partial charge in [-0.25, -0.2) is 0 Å². The quantitative estimate of drug-likeness (QED) is 0.527. The summed E-state index contributed by atoms with van der Waals surface area (Å²) in [6, 6.07) is 0. The average Bonchev–Trinajstić information content (AvgIpc) is 2.64. The molecule has 1 aliphatic carbocycles. The number of rotatable bonds is 3. The third-order valence-corrected chi connectivity index (χ3v) is 11.0. The molecule has 0 aromatic rings. The van der Waals surface area contributed by atoms with Gasteiger partial charge in [0.2, 0.25) is 6.29 Å². The van der Waals surface area contributed by atoms with Crippen molar-refractivity contribution in [1.29, 1.82) is 0 Å². The van der Waals surface area contributed by atoms with Gasteiger partial charge in [0.1, 0.15) is 5.60 Å². The predicted octanol–water partition coefficient (Wildman–Crippen LogP) is 5.15. The minimum Gasteiger partial charge on any atom is -0.473 e. The topological polar surface area (TPSA) is 27.7 Å². The Hall–Kier alpha value is -0.583. The van der Waals surface area contributed by atoms with Gasteiger partial charge in [-0.05, 0) is 50.4 Å². The van der Waals surface area contributed by atoms with E-state index in [4.69, 9.17) is 13.9 Å². The Bertz CT molecular complexity index is 519. The van der Waals surface area contributed by atoms with Gasteiger partial charge in [-0.15, -0.1) is 0 Å². The maximum atomic E-state index is 6.75. The van der Waals surface area contributed by atoms with E-state index in [0.29, 0.717) is 6.10 Å². The van der Waals surface area contributed by atoms with Crippen molar-refractivity contribution < 1.29 is 13.9 Å². The van der Waals surface area contributed by atoms with E-state index in [-0.39, 0.29) is 22.3 Å². The molecule has 130 valence electrons. The zero-order valence-corrected chi connectivity index (χ0v) is 16.5. The molecule has 2 fully saturated rings. The second-order valence-corrected chi connectivity index (χ2v) is 13.7. The molecule has 0 unspecified atom stereocenters. The van der Waals surface area contributed by atoms with Crippen LogP contribution in [0.25, 0.3) is 0 Å². The van der Waals surface area contributed by atoms with Crippen LogP contribution in [-0.2, 0) is 13.9 Å². The largest absolute Gasteiger partial charge is 0.473 e. The Morgan fingerprint density at radius 3 is 2.65 bits per heavy atom. The first-order valence-electron chi connectivity index (χ1n) is 8.96. The lowest BCUT2D eigenvalue weighted by Crippen LogP contribution is -2.52. The summed E-state index contributed by atoms with van der Waals surface area (Å²) >= 11 is 0. The number of ether oxygens (including phenoxy) is 2. The minimum absolute atomic E-state index is 0.0185. The highest BCUT2D eigenvalue weighted by molar-refractivity contribution is 6.74. The van der Waals surface area contributed by atoms with Gasteiger partial charge in [-0.3, -0.25) is 0 Å². The molecule has 23 heavy (non-hydrogen) atoms. The molecule has 3 rings (SSSR count). The fourth-order valence-corrected chi connectivity index (χ4v) is 5.59. The zero-order chi connectivity index (χ0) is 16.9. The summed E-state index contributed by atoms with van der Waals surface area (Å²) < 4.78 is 18.7. The fourth-order valence-electron chi connectivity index (χ4n) is 4.20. The second kappa shape index (κ2) is 5.47. The van der Waals surface area contributed by atoms with Gasteiger partial charge < -0.3 is 13.9 Å². The van der Waals surface area contributed by atoms with E-state index in [1.54, 1.807) is 0 Å². The minimum atomic E-state index is -1.74. The molecule has 2 heterocycles. The normalized spacial score (nSPS) is 40.3. The van der Waals surface area contributed by atoms with Crippen LogP contribution in [0.3, 0.4) is 0 Å². The van der Waals surface area contributed by atoms with Crippen molar-refractivity contribution in [2.75, 3.05) is 0 Å². The summed E-state index contributed by atoms with van der Waals surface area (Å²) in [5.74, 6) is 0. The van der Waals surface area contributed by atoms with Gasteiger partial charge >= 0.3 is 0 Å². The van der Waals surface area contributed by atoms with Crippen LogP contribution in [-0.4, -0.2) is 26.3 Å². The first kappa shape index (κ1) is 17.2. The van der Waals surface area contributed by atoms with Crippen LogP contribution in [0.4, 0.5) is 0 Å². The predicted molar refractivity (Wildman–Crippen MR) is 95.6 cm³/mol. The molecule has 1 saturated carbocycles. The molecule has 0 radical (unpaired) electrons. The standard InChI is InChI=1S/C19H32O3Si/c1-7-9-18-13-15(22-23(5,6)17(2,3)4)8-10-19(18)11-12-20-16(14-18)21-19/h7,9,11-12,15-16H,8,10,13-14H2,1-6H3/b9-7+/t15-,16+,18-,19+/m0/s1. The van der Waals surface area contributed by atoms with Gasteiger partial charge in [0.25, 0.3) is 0 Å². The van der Waals surface area contributed by atoms with Crippen molar-refractivity contribution in [3.05, 3.63) is 24.5 Å². The summed E-state index contributed by atoms with van der Waals surface area (Å²) in [4.78, 5) is 0. The van der Waals surface area contributed by atoms with E-state index < -0.39 is 8.32 Å². The molecule has 4 heteroatoms. The SMILES string of the molecule is C/C=C/[C@@]12C[C@@H](O[Si](C)(C)C(C)(C)C)CC[C@@]13C=CO[C@@H](C2)O3. The molecule has 3 aliphatic rings. The van der Waals surface area contributed by atoms with E-state index in [1.165, 1.54) is 0 Å². The highest BCUT2D eigenvalue weighted by atomic mass is 28.4. The van der Waals surface area contributed by atoms with Gasteiger partial charge in [0, 0.05) is 17.9 Å². The zero-order valence-electron chi connectivity index (χ0n) is 15.5. The van der Waals surface area contributed by atoms with Crippen molar-refractivity contribution in [2.45, 2.75) is 89.5 Å². The summed E-state index contributed by atoms with van der Waals surface area (Å²) in [6.45, 7) is 13.8. The summed E-state index contributed by atoms with van der Waals surface area (Å²) in [6.07, 6.45) is 12.8. The summed E-state index contributed by atoms with van der Waals surface area (Å²) in [7, 11) is -1.74. The molecule has 2 aliphatic heterocycles. The molecule has 0 amide bonds. The molecular formula is C19H32O3Si. The number of hydrogen-bond acceptors (Lipinski definition) is 3. The molecule has 0 aromatic carbocycles. The van der Waals surface area contributed by atoms with Crippen molar-refractivity contribution in [1.82, 2.24) is 0 Å². The lowest BCUT2D eigenvalue weighted by Gasteiger charge is -2.49. The lowest BCUT2D eigenvalue weighted by molar-refractivity contribution is -0.163. The third kappa shape index (κ3) is 2.73. The Labute approximate surface area is 142 Å². The summed E-state index contributed by atoms with van der Waals surface area (Å²) in [5, 5.41) is 0.251. The van der Waals surface area contributed by atoms with Crippen molar-refractivity contribution in [3.8, 4) is 0 Å². The van der Waals surface area contributed by atoms with Crippen LogP contribution in [0, 0.1) is 5.41 Å². The highest BCUT2D eigenvalue weighted by Crippen LogP contribution is 2.59. The Morgan fingerprint density at radius 2 is 2.00 bits per heavy atom. The smallest absolute Gasteiger partial charge is 0.200 e. The first-order chi connectivity index (χ1) is 10.6. The van der Waals surface area contributed by atoms with Crippen LogP contribution < -0.4 is 0 Å². The van der Waals surface area contributed by atoms with E-state index in [2.05, 4.69) is 59.0 Å². The number of hydrogen-bond donors (Lipinski definition) is 0. The van der Waals surface area contributed by atoms with Crippen LogP contribution in [0.2, 0.25) is 18.1 Å². The average molecular weight is 337 g/mol. The lowest BCUT2D eigenvalue weighted by atomic mass is 9.62. The summed E-state index contributed by atoms with van der Waals surface area (Å²) in [5.41, 5.74) is -0.166. The Morgan fingerprint density at radius 1 is 1.26 bits per heavy atom. The number of fused-ring (bicyclic) bond motifs is 1. The molecular weight excluding hydrogens is 304 g/mol. The van der Waals surface area contributed by atoms with Crippen LogP contribution in [0.5, 0.6) is 0 Å². The van der Waals surface area contributed by atoms with Gasteiger partial charge in [-0.2, -0.15) is 0 Å². The highest BCUT2D eigenvalue weighted by Gasteiger charge is 2.62. The van der Waals surface area contributed by atoms with Crippen molar-refractivity contribution in [3.63, 3.8) is 0 Å². The van der Waals surface area contributed by atoms with Crippen LogP contribution >= 0.6 is 0 Å².